The number of anilines is 1. The van der Waals surface area contributed by atoms with E-state index in [0.29, 0.717) is 18.0 Å². The van der Waals surface area contributed by atoms with Gasteiger partial charge in [-0.25, -0.2) is 0 Å². The third-order valence-corrected chi connectivity index (χ3v) is 3.64. The van der Waals surface area contributed by atoms with E-state index in [1.807, 2.05) is 12.4 Å². The van der Waals surface area contributed by atoms with Crippen LogP contribution in [-0.2, 0) is 0 Å². The van der Waals surface area contributed by atoms with Crippen LogP contribution in [0.15, 0.2) is 18.5 Å². The van der Waals surface area contributed by atoms with Crippen LogP contribution >= 0.6 is 0 Å². The van der Waals surface area contributed by atoms with Crippen molar-refractivity contribution in [3.63, 3.8) is 0 Å². The highest BCUT2D eigenvalue weighted by Crippen LogP contribution is 2.25. The van der Waals surface area contributed by atoms with Crippen LogP contribution in [0.25, 0.3) is 0 Å². The molecule has 0 amide bonds. The van der Waals surface area contributed by atoms with Crippen LogP contribution in [0.5, 0.6) is 0 Å². The minimum absolute atomic E-state index is 0.546. The summed E-state index contributed by atoms with van der Waals surface area (Å²) in [6.07, 6.45) is 3.87. The SMILES string of the molecule is Cc1ccncc1N1CC(C)NCC1C(C)C. The van der Waals surface area contributed by atoms with Crippen molar-refractivity contribution in [2.45, 2.75) is 39.8 Å². The van der Waals surface area contributed by atoms with E-state index in [-0.39, 0.29) is 0 Å². The van der Waals surface area contributed by atoms with Gasteiger partial charge >= 0.3 is 0 Å². The fourth-order valence-electron chi connectivity index (χ4n) is 2.56. The van der Waals surface area contributed by atoms with Crippen molar-refractivity contribution in [2.24, 2.45) is 5.92 Å². The molecule has 94 valence electrons. The van der Waals surface area contributed by atoms with Crippen molar-refractivity contribution in [2.75, 3.05) is 18.0 Å². The standard InChI is InChI=1S/C14H23N3/c1-10(2)13-8-16-12(4)9-17(13)14-7-15-6-5-11(14)3/h5-7,10,12-13,16H,8-9H2,1-4H3. The van der Waals surface area contributed by atoms with E-state index in [4.69, 9.17) is 0 Å². The van der Waals surface area contributed by atoms with Gasteiger partial charge in [-0.2, -0.15) is 0 Å². The maximum absolute atomic E-state index is 4.28. The molecule has 1 aromatic rings. The Morgan fingerprint density at radius 2 is 2.24 bits per heavy atom. The molecule has 0 aliphatic carbocycles. The molecular formula is C14H23N3. The smallest absolute Gasteiger partial charge is 0.0586 e. The normalized spacial score (nSPS) is 25.4. The van der Waals surface area contributed by atoms with Crippen molar-refractivity contribution in [1.29, 1.82) is 0 Å². The molecule has 0 bridgehead atoms. The summed E-state index contributed by atoms with van der Waals surface area (Å²) in [5.41, 5.74) is 2.61. The highest BCUT2D eigenvalue weighted by Gasteiger charge is 2.28. The number of aryl methyl sites for hydroxylation is 1. The van der Waals surface area contributed by atoms with Gasteiger partial charge in [0.2, 0.25) is 0 Å². The number of aromatic nitrogens is 1. The van der Waals surface area contributed by atoms with Gasteiger partial charge in [-0.05, 0) is 31.4 Å². The largest absolute Gasteiger partial charge is 0.364 e. The Balaban J connectivity index is 2.29. The molecular weight excluding hydrogens is 210 g/mol. The maximum Gasteiger partial charge on any atom is 0.0586 e. The van der Waals surface area contributed by atoms with Crippen LogP contribution in [0.3, 0.4) is 0 Å². The van der Waals surface area contributed by atoms with Crippen LogP contribution in [-0.4, -0.2) is 30.2 Å². The maximum atomic E-state index is 4.28. The van der Waals surface area contributed by atoms with Crippen LogP contribution in [0.2, 0.25) is 0 Å². The molecule has 0 spiro atoms. The summed E-state index contributed by atoms with van der Waals surface area (Å²) in [7, 11) is 0. The molecule has 1 aromatic heterocycles. The van der Waals surface area contributed by atoms with Gasteiger partial charge in [0.05, 0.1) is 11.9 Å². The first-order valence-electron chi connectivity index (χ1n) is 6.50. The monoisotopic (exact) mass is 233 g/mol. The van der Waals surface area contributed by atoms with Gasteiger partial charge in [0.1, 0.15) is 0 Å². The number of piperazine rings is 1. The molecule has 1 aliphatic rings. The fourth-order valence-corrected chi connectivity index (χ4v) is 2.56. The molecule has 1 aliphatic heterocycles. The van der Waals surface area contributed by atoms with E-state index >= 15 is 0 Å². The lowest BCUT2D eigenvalue weighted by molar-refractivity contribution is 0.348. The highest BCUT2D eigenvalue weighted by atomic mass is 15.2. The molecule has 0 saturated carbocycles. The van der Waals surface area contributed by atoms with Crippen LogP contribution in [0.4, 0.5) is 5.69 Å². The predicted octanol–water partition coefficient (Wildman–Crippen LogP) is 2.21. The first kappa shape index (κ1) is 12.4. The summed E-state index contributed by atoms with van der Waals surface area (Å²) >= 11 is 0. The van der Waals surface area contributed by atoms with E-state index in [0.717, 1.165) is 13.1 Å². The van der Waals surface area contributed by atoms with E-state index in [1.165, 1.54) is 11.3 Å². The average Bonchev–Trinajstić information content (AvgIpc) is 2.29. The lowest BCUT2D eigenvalue weighted by Crippen LogP contribution is -2.57. The first-order valence-corrected chi connectivity index (χ1v) is 6.50. The Morgan fingerprint density at radius 3 is 2.88 bits per heavy atom. The zero-order valence-corrected chi connectivity index (χ0v) is 11.3. The van der Waals surface area contributed by atoms with Crippen molar-refractivity contribution in [3.8, 4) is 0 Å². The second-order valence-corrected chi connectivity index (χ2v) is 5.44. The summed E-state index contributed by atoms with van der Waals surface area (Å²) in [5, 5.41) is 3.57. The summed E-state index contributed by atoms with van der Waals surface area (Å²) < 4.78 is 0. The van der Waals surface area contributed by atoms with Gasteiger partial charge in [0.25, 0.3) is 0 Å². The number of hydrogen-bond donors (Lipinski definition) is 1. The topological polar surface area (TPSA) is 28.2 Å². The van der Waals surface area contributed by atoms with E-state index in [2.05, 4.69) is 49.0 Å². The molecule has 1 N–H and O–H groups in total. The van der Waals surface area contributed by atoms with Crippen molar-refractivity contribution < 1.29 is 0 Å². The van der Waals surface area contributed by atoms with Gasteiger partial charge in [-0.1, -0.05) is 13.8 Å². The fraction of sp³-hybridized carbons (Fsp3) is 0.643. The summed E-state index contributed by atoms with van der Waals surface area (Å²) in [6.45, 7) is 11.1. The second kappa shape index (κ2) is 5.05. The number of nitrogens with one attached hydrogen (secondary N) is 1. The van der Waals surface area contributed by atoms with Crippen molar-refractivity contribution >= 4 is 5.69 Å². The lowest BCUT2D eigenvalue weighted by Gasteiger charge is -2.43. The molecule has 2 atom stereocenters. The quantitative estimate of drug-likeness (QED) is 0.849. The number of nitrogens with zero attached hydrogens (tertiary/aromatic N) is 2. The molecule has 0 aromatic carbocycles. The van der Waals surface area contributed by atoms with Gasteiger partial charge in [0, 0.05) is 31.4 Å². The van der Waals surface area contributed by atoms with Crippen LogP contribution in [0, 0.1) is 12.8 Å². The Bertz CT molecular complexity index is 375. The average molecular weight is 233 g/mol. The van der Waals surface area contributed by atoms with Crippen LogP contribution in [0.1, 0.15) is 26.3 Å². The molecule has 3 heteroatoms. The first-order chi connectivity index (χ1) is 8.09. The predicted molar refractivity (Wildman–Crippen MR) is 72.4 cm³/mol. The highest BCUT2D eigenvalue weighted by molar-refractivity contribution is 5.52. The molecule has 2 rings (SSSR count). The Morgan fingerprint density at radius 1 is 1.47 bits per heavy atom. The molecule has 2 heterocycles. The number of pyridine rings is 1. The van der Waals surface area contributed by atoms with E-state index in [1.54, 1.807) is 0 Å². The van der Waals surface area contributed by atoms with Crippen LogP contribution < -0.4 is 10.2 Å². The summed E-state index contributed by atoms with van der Waals surface area (Å²) in [5.74, 6) is 0.648. The molecule has 0 radical (unpaired) electrons. The van der Waals surface area contributed by atoms with Crippen molar-refractivity contribution in [1.82, 2.24) is 10.3 Å². The van der Waals surface area contributed by atoms with Gasteiger partial charge < -0.3 is 10.2 Å². The zero-order chi connectivity index (χ0) is 12.4. The number of hydrogen-bond acceptors (Lipinski definition) is 3. The summed E-state index contributed by atoms with van der Waals surface area (Å²) in [4.78, 5) is 6.80. The van der Waals surface area contributed by atoms with E-state index < -0.39 is 0 Å². The van der Waals surface area contributed by atoms with Gasteiger partial charge in [-0.15, -0.1) is 0 Å². The Kier molecular flexibility index (Phi) is 3.67. The molecule has 3 nitrogen and oxygen atoms in total. The molecule has 17 heavy (non-hydrogen) atoms. The summed E-state index contributed by atoms with van der Waals surface area (Å²) in [6, 6.07) is 3.21. The minimum Gasteiger partial charge on any atom is -0.364 e. The second-order valence-electron chi connectivity index (χ2n) is 5.44. The Labute approximate surface area is 104 Å². The van der Waals surface area contributed by atoms with E-state index in [9.17, 15) is 0 Å². The third-order valence-electron chi connectivity index (χ3n) is 3.64. The Hall–Kier alpha value is -1.09. The lowest BCUT2D eigenvalue weighted by atomic mass is 9.97. The van der Waals surface area contributed by atoms with Crippen molar-refractivity contribution in [3.05, 3.63) is 24.0 Å². The zero-order valence-electron chi connectivity index (χ0n) is 11.3. The molecule has 2 unspecified atom stereocenters. The van der Waals surface area contributed by atoms with Gasteiger partial charge in [-0.3, -0.25) is 4.98 Å². The number of rotatable bonds is 2. The molecule has 1 saturated heterocycles. The third kappa shape index (κ3) is 2.60. The molecule has 1 fully saturated rings. The minimum atomic E-state index is 0.546. The van der Waals surface area contributed by atoms with Gasteiger partial charge in [0.15, 0.2) is 0 Å².